The number of ether oxygens (including phenoxy) is 1. The third-order valence-corrected chi connectivity index (χ3v) is 3.37. The first-order chi connectivity index (χ1) is 8.65. The molecule has 1 rings (SSSR count). The van der Waals surface area contributed by atoms with Crippen LogP contribution in [-0.2, 0) is 6.54 Å². The van der Waals surface area contributed by atoms with E-state index in [9.17, 15) is 0 Å². The fourth-order valence-electron chi connectivity index (χ4n) is 1.69. The molecule has 102 valence electrons. The van der Waals surface area contributed by atoms with Crippen molar-refractivity contribution >= 4 is 15.9 Å². The molecule has 0 unspecified atom stereocenters. The first kappa shape index (κ1) is 15.5. The maximum atomic E-state index is 5.92. The average molecular weight is 314 g/mol. The number of para-hydroxylation sites is 1. The zero-order chi connectivity index (χ0) is 13.4. The average Bonchev–Trinajstić information content (AvgIpc) is 2.34. The van der Waals surface area contributed by atoms with Crippen molar-refractivity contribution in [2.24, 2.45) is 0 Å². The fraction of sp³-hybridized carbons (Fsp3) is 0.600. The van der Waals surface area contributed by atoms with Crippen molar-refractivity contribution in [3.63, 3.8) is 0 Å². The number of benzene rings is 1. The van der Waals surface area contributed by atoms with Gasteiger partial charge in [-0.1, -0.05) is 45.7 Å². The third kappa shape index (κ3) is 5.40. The molecule has 0 aliphatic rings. The van der Waals surface area contributed by atoms with E-state index in [2.05, 4.69) is 54.2 Å². The summed E-state index contributed by atoms with van der Waals surface area (Å²) in [6.07, 6.45) is 3.57. The highest BCUT2D eigenvalue weighted by atomic mass is 79.9. The van der Waals surface area contributed by atoms with Crippen LogP contribution in [0, 0.1) is 0 Å². The van der Waals surface area contributed by atoms with Gasteiger partial charge >= 0.3 is 0 Å². The second-order valence-electron chi connectivity index (χ2n) is 4.82. The van der Waals surface area contributed by atoms with Crippen molar-refractivity contribution in [3.05, 3.63) is 28.2 Å². The Balaban J connectivity index is 2.62. The zero-order valence-electron chi connectivity index (χ0n) is 11.6. The summed E-state index contributed by atoms with van der Waals surface area (Å²) in [5.41, 5.74) is 1.22. The van der Waals surface area contributed by atoms with E-state index < -0.39 is 0 Å². The summed E-state index contributed by atoms with van der Waals surface area (Å²) in [5, 5.41) is 3.43. The SMILES string of the molecule is CCCCCOc1c(Br)cccc1CNC(C)C. The van der Waals surface area contributed by atoms with Crippen molar-refractivity contribution in [2.45, 2.75) is 52.6 Å². The quantitative estimate of drug-likeness (QED) is 0.713. The second kappa shape index (κ2) is 8.54. The van der Waals surface area contributed by atoms with E-state index >= 15 is 0 Å². The molecule has 0 saturated carbocycles. The number of unbranched alkanes of at least 4 members (excludes halogenated alkanes) is 2. The van der Waals surface area contributed by atoms with Gasteiger partial charge in [-0.25, -0.2) is 0 Å². The summed E-state index contributed by atoms with van der Waals surface area (Å²) < 4.78 is 6.96. The number of nitrogens with one attached hydrogen (secondary N) is 1. The van der Waals surface area contributed by atoms with Crippen LogP contribution in [0.1, 0.15) is 45.6 Å². The van der Waals surface area contributed by atoms with Gasteiger partial charge in [0.1, 0.15) is 5.75 Å². The van der Waals surface area contributed by atoms with Crippen LogP contribution in [0.25, 0.3) is 0 Å². The van der Waals surface area contributed by atoms with E-state index in [-0.39, 0.29) is 0 Å². The van der Waals surface area contributed by atoms with Crippen molar-refractivity contribution < 1.29 is 4.74 Å². The Hall–Kier alpha value is -0.540. The highest BCUT2D eigenvalue weighted by molar-refractivity contribution is 9.10. The number of rotatable bonds is 8. The Labute approximate surface area is 119 Å². The monoisotopic (exact) mass is 313 g/mol. The molecule has 18 heavy (non-hydrogen) atoms. The largest absolute Gasteiger partial charge is 0.492 e. The molecule has 2 nitrogen and oxygen atoms in total. The van der Waals surface area contributed by atoms with Crippen LogP contribution < -0.4 is 10.1 Å². The molecule has 0 aliphatic carbocycles. The van der Waals surface area contributed by atoms with Crippen LogP contribution in [-0.4, -0.2) is 12.6 Å². The molecule has 1 aromatic rings. The number of halogens is 1. The van der Waals surface area contributed by atoms with Crippen molar-refractivity contribution in [3.8, 4) is 5.75 Å². The van der Waals surface area contributed by atoms with Gasteiger partial charge in [-0.05, 0) is 28.4 Å². The standard InChI is InChI=1S/C15H24BrNO/c1-4-5-6-10-18-15-13(11-17-12(2)3)8-7-9-14(15)16/h7-9,12,17H,4-6,10-11H2,1-3H3. The van der Waals surface area contributed by atoms with Gasteiger partial charge in [0.25, 0.3) is 0 Å². The smallest absolute Gasteiger partial charge is 0.137 e. The minimum atomic E-state index is 0.483. The number of hydrogen-bond donors (Lipinski definition) is 1. The van der Waals surface area contributed by atoms with Gasteiger partial charge in [-0.3, -0.25) is 0 Å². The van der Waals surface area contributed by atoms with Gasteiger partial charge in [0.15, 0.2) is 0 Å². The van der Waals surface area contributed by atoms with Crippen molar-refractivity contribution in [1.82, 2.24) is 5.32 Å². The minimum absolute atomic E-state index is 0.483. The summed E-state index contributed by atoms with van der Waals surface area (Å²) in [6, 6.07) is 6.70. The Morgan fingerprint density at radius 2 is 2.06 bits per heavy atom. The van der Waals surface area contributed by atoms with Crippen LogP contribution in [0.2, 0.25) is 0 Å². The molecular formula is C15H24BrNO. The summed E-state index contributed by atoms with van der Waals surface area (Å²) in [5.74, 6) is 0.988. The van der Waals surface area contributed by atoms with Crippen LogP contribution in [0.4, 0.5) is 0 Å². The van der Waals surface area contributed by atoms with E-state index in [4.69, 9.17) is 4.74 Å². The van der Waals surface area contributed by atoms with Crippen LogP contribution in [0.3, 0.4) is 0 Å². The van der Waals surface area contributed by atoms with Crippen molar-refractivity contribution in [1.29, 1.82) is 0 Å². The predicted octanol–water partition coefficient (Wildman–Crippen LogP) is 4.52. The van der Waals surface area contributed by atoms with Gasteiger partial charge in [0, 0.05) is 18.2 Å². The first-order valence-corrected chi connectivity index (χ1v) is 7.58. The first-order valence-electron chi connectivity index (χ1n) is 6.78. The van der Waals surface area contributed by atoms with E-state index in [1.54, 1.807) is 0 Å². The molecule has 0 saturated heterocycles. The summed E-state index contributed by atoms with van der Waals surface area (Å²) >= 11 is 3.57. The van der Waals surface area contributed by atoms with Gasteiger partial charge < -0.3 is 10.1 Å². The lowest BCUT2D eigenvalue weighted by molar-refractivity contribution is 0.300. The Bertz CT molecular complexity index is 352. The lowest BCUT2D eigenvalue weighted by Gasteiger charge is -2.15. The highest BCUT2D eigenvalue weighted by Gasteiger charge is 2.08. The van der Waals surface area contributed by atoms with Gasteiger partial charge in [0.2, 0.25) is 0 Å². The normalized spacial score (nSPS) is 10.9. The minimum Gasteiger partial charge on any atom is -0.492 e. The Morgan fingerprint density at radius 1 is 1.28 bits per heavy atom. The maximum Gasteiger partial charge on any atom is 0.137 e. The molecule has 0 amide bonds. The van der Waals surface area contributed by atoms with Gasteiger partial charge in [-0.2, -0.15) is 0 Å². The van der Waals surface area contributed by atoms with Gasteiger partial charge in [0.05, 0.1) is 11.1 Å². The molecule has 1 aromatic carbocycles. The summed E-state index contributed by atoms with van der Waals surface area (Å²) in [6.45, 7) is 8.15. The summed E-state index contributed by atoms with van der Waals surface area (Å²) in [4.78, 5) is 0. The van der Waals surface area contributed by atoms with E-state index in [1.807, 2.05) is 6.07 Å². The Kier molecular flexibility index (Phi) is 7.36. The predicted molar refractivity (Wildman–Crippen MR) is 81.1 cm³/mol. The van der Waals surface area contributed by atoms with Crippen LogP contribution >= 0.6 is 15.9 Å². The molecule has 0 radical (unpaired) electrons. The fourth-order valence-corrected chi connectivity index (χ4v) is 2.22. The van der Waals surface area contributed by atoms with Crippen LogP contribution in [0.15, 0.2) is 22.7 Å². The molecule has 0 atom stereocenters. The summed E-state index contributed by atoms with van der Waals surface area (Å²) in [7, 11) is 0. The molecular weight excluding hydrogens is 290 g/mol. The van der Waals surface area contributed by atoms with Gasteiger partial charge in [-0.15, -0.1) is 0 Å². The Morgan fingerprint density at radius 3 is 2.72 bits per heavy atom. The maximum absolute atomic E-state index is 5.92. The molecule has 0 fully saturated rings. The molecule has 1 N–H and O–H groups in total. The zero-order valence-corrected chi connectivity index (χ0v) is 13.2. The molecule has 0 aromatic heterocycles. The lowest BCUT2D eigenvalue weighted by atomic mass is 10.2. The molecule has 0 heterocycles. The molecule has 0 bridgehead atoms. The molecule has 0 aliphatic heterocycles. The topological polar surface area (TPSA) is 21.3 Å². The van der Waals surface area contributed by atoms with E-state index in [1.165, 1.54) is 18.4 Å². The lowest BCUT2D eigenvalue weighted by Crippen LogP contribution is -2.22. The van der Waals surface area contributed by atoms with E-state index in [0.717, 1.165) is 29.8 Å². The van der Waals surface area contributed by atoms with Crippen LogP contribution in [0.5, 0.6) is 5.75 Å². The third-order valence-electron chi connectivity index (χ3n) is 2.74. The van der Waals surface area contributed by atoms with Crippen molar-refractivity contribution in [2.75, 3.05) is 6.61 Å². The molecule has 3 heteroatoms. The molecule has 0 spiro atoms. The highest BCUT2D eigenvalue weighted by Crippen LogP contribution is 2.29. The number of hydrogen-bond acceptors (Lipinski definition) is 2. The van der Waals surface area contributed by atoms with E-state index in [0.29, 0.717) is 6.04 Å². The second-order valence-corrected chi connectivity index (χ2v) is 5.67.